The SMILES string of the molecule is O=C(O)[C@@H]1C[C@@H]1c1cc(Br)cs1. The van der Waals surface area contributed by atoms with Crippen LogP contribution in [0.5, 0.6) is 0 Å². The van der Waals surface area contributed by atoms with Crippen molar-refractivity contribution in [3.63, 3.8) is 0 Å². The monoisotopic (exact) mass is 246 g/mol. The lowest BCUT2D eigenvalue weighted by molar-refractivity contribution is -0.138. The van der Waals surface area contributed by atoms with Crippen LogP contribution in [0.25, 0.3) is 0 Å². The Balaban J connectivity index is 2.10. The van der Waals surface area contributed by atoms with Crippen LogP contribution in [0, 0.1) is 5.92 Å². The molecule has 4 heteroatoms. The fourth-order valence-corrected chi connectivity index (χ4v) is 2.93. The first-order valence-electron chi connectivity index (χ1n) is 3.65. The van der Waals surface area contributed by atoms with E-state index in [0.717, 1.165) is 10.9 Å². The van der Waals surface area contributed by atoms with Gasteiger partial charge < -0.3 is 5.11 Å². The summed E-state index contributed by atoms with van der Waals surface area (Å²) in [5.41, 5.74) is 0. The third kappa shape index (κ3) is 1.41. The fourth-order valence-electron chi connectivity index (χ4n) is 1.31. The van der Waals surface area contributed by atoms with E-state index in [4.69, 9.17) is 5.11 Å². The summed E-state index contributed by atoms with van der Waals surface area (Å²) in [7, 11) is 0. The van der Waals surface area contributed by atoms with E-state index >= 15 is 0 Å². The van der Waals surface area contributed by atoms with Gasteiger partial charge in [-0.05, 0) is 28.4 Å². The number of thiophene rings is 1. The number of hydrogen-bond donors (Lipinski definition) is 1. The van der Waals surface area contributed by atoms with Gasteiger partial charge in [0.15, 0.2) is 0 Å². The van der Waals surface area contributed by atoms with E-state index < -0.39 is 5.97 Å². The Hall–Kier alpha value is -0.350. The lowest BCUT2D eigenvalue weighted by atomic mass is 10.3. The van der Waals surface area contributed by atoms with Crippen molar-refractivity contribution in [3.8, 4) is 0 Å². The van der Waals surface area contributed by atoms with E-state index in [0.29, 0.717) is 0 Å². The van der Waals surface area contributed by atoms with Gasteiger partial charge in [-0.25, -0.2) is 0 Å². The molecule has 2 rings (SSSR count). The summed E-state index contributed by atoms with van der Waals surface area (Å²) in [4.78, 5) is 11.7. The Kier molecular flexibility index (Phi) is 1.96. The van der Waals surface area contributed by atoms with Crippen molar-refractivity contribution in [1.29, 1.82) is 0 Å². The minimum atomic E-state index is -0.662. The fraction of sp³-hybridized carbons (Fsp3) is 0.375. The minimum absolute atomic E-state index is 0.129. The van der Waals surface area contributed by atoms with Crippen molar-refractivity contribution in [1.82, 2.24) is 0 Å². The molecule has 0 aromatic carbocycles. The zero-order valence-corrected chi connectivity index (χ0v) is 8.56. The molecule has 2 atom stereocenters. The first-order chi connectivity index (χ1) is 5.68. The Morgan fingerprint density at radius 1 is 1.75 bits per heavy atom. The van der Waals surface area contributed by atoms with Crippen LogP contribution in [0.3, 0.4) is 0 Å². The molecular formula is C8H7BrO2S. The van der Waals surface area contributed by atoms with Crippen LogP contribution in [-0.4, -0.2) is 11.1 Å². The second-order valence-electron chi connectivity index (χ2n) is 2.95. The molecule has 1 aromatic rings. The van der Waals surface area contributed by atoms with Crippen molar-refractivity contribution in [2.24, 2.45) is 5.92 Å². The zero-order chi connectivity index (χ0) is 8.72. The Morgan fingerprint density at radius 3 is 2.92 bits per heavy atom. The number of carboxylic acids is 1. The van der Waals surface area contributed by atoms with E-state index in [2.05, 4.69) is 15.9 Å². The summed E-state index contributed by atoms with van der Waals surface area (Å²) in [6.45, 7) is 0. The van der Waals surface area contributed by atoms with Gasteiger partial charge in [-0.15, -0.1) is 11.3 Å². The lowest BCUT2D eigenvalue weighted by Gasteiger charge is -1.89. The predicted molar refractivity (Wildman–Crippen MR) is 50.5 cm³/mol. The van der Waals surface area contributed by atoms with Gasteiger partial charge in [0, 0.05) is 20.6 Å². The number of carboxylic acid groups (broad SMARTS) is 1. The number of carbonyl (C=O) groups is 1. The van der Waals surface area contributed by atoms with E-state index in [1.165, 1.54) is 4.88 Å². The van der Waals surface area contributed by atoms with E-state index in [-0.39, 0.29) is 11.8 Å². The molecule has 1 aliphatic carbocycles. The molecular weight excluding hydrogens is 240 g/mol. The third-order valence-electron chi connectivity index (χ3n) is 2.06. The molecule has 1 aliphatic rings. The molecule has 1 saturated carbocycles. The topological polar surface area (TPSA) is 37.3 Å². The largest absolute Gasteiger partial charge is 0.481 e. The highest BCUT2D eigenvalue weighted by molar-refractivity contribution is 9.10. The van der Waals surface area contributed by atoms with Crippen LogP contribution in [0.2, 0.25) is 0 Å². The zero-order valence-electron chi connectivity index (χ0n) is 6.16. The number of hydrogen-bond acceptors (Lipinski definition) is 2. The molecule has 2 nitrogen and oxygen atoms in total. The summed E-state index contributed by atoms with van der Waals surface area (Å²) in [5.74, 6) is -0.515. The van der Waals surface area contributed by atoms with Crippen LogP contribution >= 0.6 is 27.3 Å². The van der Waals surface area contributed by atoms with Crippen molar-refractivity contribution < 1.29 is 9.90 Å². The molecule has 0 saturated heterocycles. The predicted octanol–water partition coefficient (Wildman–Crippen LogP) is 2.70. The third-order valence-corrected chi connectivity index (χ3v) is 3.89. The lowest BCUT2D eigenvalue weighted by Crippen LogP contribution is -1.97. The van der Waals surface area contributed by atoms with Gasteiger partial charge in [0.1, 0.15) is 0 Å². The average molecular weight is 247 g/mol. The summed E-state index contributed by atoms with van der Waals surface area (Å²) >= 11 is 4.98. The molecule has 1 N–H and O–H groups in total. The quantitative estimate of drug-likeness (QED) is 0.872. The molecule has 12 heavy (non-hydrogen) atoms. The minimum Gasteiger partial charge on any atom is -0.481 e. The van der Waals surface area contributed by atoms with Gasteiger partial charge >= 0.3 is 5.97 Å². The molecule has 0 spiro atoms. The first kappa shape index (κ1) is 8.26. The number of halogens is 1. The Bertz CT molecular complexity index is 321. The average Bonchev–Trinajstić information content (AvgIpc) is 2.70. The normalized spacial score (nSPS) is 27.1. The van der Waals surface area contributed by atoms with Crippen LogP contribution in [0.4, 0.5) is 0 Å². The van der Waals surface area contributed by atoms with Gasteiger partial charge in [-0.3, -0.25) is 4.79 Å². The molecule has 0 aliphatic heterocycles. The molecule has 0 radical (unpaired) electrons. The van der Waals surface area contributed by atoms with Gasteiger partial charge in [-0.1, -0.05) is 0 Å². The van der Waals surface area contributed by atoms with Crippen LogP contribution in [0.15, 0.2) is 15.9 Å². The van der Waals surface area contributed by atoms with E-state index in [9.17, 15) is 4.79 Å². The molecule has 1 heterocycles. The summed E-state index contributed by atoms with van der Waals surface area (Å²) < 4.78 is 1.05. The molecule has 0 unspecified atom stereocenters. The first-order valence-corrected chi connectivity index (χ1v) is 5.32. The standard InChI is InChI=1S/C8H7BrO2S/c9-4-1-7(12-3-4)5-2-6(5)8(10)11/h1,3,5-6H,2H2,(H,10,11)/t5-,6+/m0/s1. The van der Waals surface area contributed by atoms with Crippen molar-refractivity contribution in [2.45, 2.75) is 12.3 Å². The maximum Gasteiger partial charge on any atom is 0.307 e. The molecule has 1 aromatic heterocycles. The summed E-state index contributed by atoms with van der Waals surface area (Å²) in [6.07, 6.45) is 0.808. The van der Waals surface area contributed by atoms with Gasteiger partial charge in [0.05, 0.1) is 5.92 Å². The number of aliphatic carboxylic acids is 1. The molecule has 1 fully saturated rings. The molecule has 64 valence electrons. The van der Waals surface area contributed by atoms with E-state index in [1.54, 1.807) is 11.3 Å². The maximum absolute atomic E-state index is 10.5. The van der Waals surface area contributed by atoms with Crippen molar-refractivity contribution in [2.75, 3.05) is 0 Å². The maximum atomic E-state index is 10.5. The van der Waals surface area contributed by atoms with Crippen molar-refractivity contribution >= 4 is 33.2 Å². The second kappa shape index (κ2) is 2.85. The van der Waals surface area contributed by atoms with Gasteiger partial charge in [0.25, 0.3) is 0 Å². The summed E-state index contributed by atoms with van der Waals surface area (Å²) in [6, 6.07) is 2.01. The highest BCUT2D eigenvalue weighted by Crippen LogP contribution is 2.49. The highest BCUT2D eigenvalue weighted by atomic mass is 79.9. The van der Waals surface area contributed by atoms with E-state index in [1.807, 2.05) is 11.4 Å². The highest BCUT2D eigenvalue weighted by Gasteiger charge is 2.44. The smallest absolute Gasteiger partial charge is 0.307 e. The Labute approximate surface area is 82.3 Å². The van der Waals surface area contributed by atoms with Crippen LogP contribution < -0.4 is 0 Å². The Morgan fingerprint density at radius 2 is 2.50 bits per heavy atom. The summed E-state index contributed by atoms with van der Waals surface area (Å²) in [5, 5.41) is 10.7. The van der Waals surface area contributed by atoms with Gasteiger partial charge in [0.2, 0.25) is 0 Å². The molecule has 0 amide bonds. The van der Waals surface area contributed by atoms with Crippen LogP contribution in [0.1, 0.15) is 17.2 Å². The molecule has 0 bridgehead atoms. The van der Waals surface area contributed by atoms with Crippen LogP contribution in [-0.2, 0) is 4.79 Å². The second-order valence-corrected chi connectivity index (χ2v) is 4.81. The van der Waals surface area contributed by atoms with Gasteiger partial charge in [-0.2, -0.15) is 0 Å². The van der Waals surface area contributed by atoms with Crippen molar-refractivity contribution in [3.05, 3.63) is 20.8 Å². The number of rotatable bonds is 2.